The van der Waals surface area contributed by atoms with Crippen LogP contribution in [0.1, 0.15) is 17.7 Å². The van der Waals surface area contributed by atoms with E-state index in [9.17, 15) is 4.79 Å². The van der Waals surface area contributed by atoms with Gasteiger partial charge >= 0.3 is 0 Å². The summed E-state index contributed by atoms with van der Waals surface area (Å²) in [5, 5.41) is 3.61. The number of carbonyl (C=O) groups is 1. The Morgan fingerprint density at radius 1 is 1.09 bits per heavy atom. The molecule has 174 valence electrons. The van der Waals surface area contributed by atoms with Gasteiger partial charge in [0.2, 0.25) is 5.91 Å². The monoisotopic (exact) mass is 467 g/mol. The van der Waals surface area contributed by atoms with Gasteiger partial charge < -0.3 is 19.5 Å². The quantitative estimate of drug-likeness (QED) is 0.444. The number of ether oxygens (including phenoxy) is 3. The summed E-state index contributed by atoms with van der Waals surface area (Å²) in [6.45, 7) is 4.58. The molecule has 1 fully saturated rings. The van der Waals surface area contributed by atoms with E-state index < -0.39 is 0 Å². The maximum Gasteiger partial charge on any atom is 0.226 e. The van der Waals surface area contributed by atoms with Gasteiger partial charge in [0.15, 0.2) is 5.13 Å². The molecule has 1 saturated heterocycles. The molecule has 33 heavy (non-hydrogen) atoms. The van der Waals surface area contributed by atoms with Gasteiger partial charge in [0.25, 0.3) is 0 Å². The van der Waals surface area contributed by atoms with Crippen LogP contribution in [0.5, 0.6) is 11.5 Å². The second-order valence-corrected chi connectivity index (χ2v) is 8.80. The Labute approximate surface area is 198 Å². The molecule has 0 bridgehead atoms. The minimum atomic E-state index is -0.0559. The molecule has 1 aliphatic heterocycles. The number of carbonyl (C=O) groups excluding carboxylic acids is 1. The summed E-state index contributed by atoms with van der Waals surface area (Å²) in [4.78, 5) is 20.8. The molecule has 2 aromatic carbocycles. The highest BCUT2D eigenvalue weighted by Gasteiger charge is 2.19. The number of morpholine rings is 1. The van der Waals surface area contributed by atoms with Gasteiger partial charge in [-0.2, -0.15) is 0 Å². The molecule has 0 aliphatic carbocycles. The van der Waals surface area contributed by atoms with Crippen molar-refractivity contribution in [3.63, 3.8) is 0 Å². The number of rotatable bonds is 10. The Morgan fingerprint density at radius 3 is 2.55 bits per heavy atom. The van der Waals surface area contributed by atoms with Crippen molar-refractivity contribution in [2.75, 3.05) is 45.3 Å². The molecule has 0 radical (unpaired) electrons. The highest BCUT2D eigenvalue weighted by atomic mass is 32.1. The van der Waals surface area contributed by atoms with Crippen molar-refractivity contribution >= 4 is 22.4 Å². The van der Waals surface area contributed by atoms with Gasteiger partial charge in [0, 0.05) is 36.5 Å². The van der Waals surface area contributed by atoms with Crippen LogP contribution in [-0.2, 0) is 16.1 Å². The zero-order chi connectivity index (χ0) is 22.9. The predicted octanol–water partition coefficient (Wildman–Crippen LogP) is 4.45. The Bertz CT molecular complexity index is 1020. The van der Waals surface area contributed by atoms with Crippen molar-refractivity contribution in [3.8, 4) is 22.8 Å². The zero-order valence-electron chi connectivity index (χ0n) is 18.8. The average Bonchev–Trinajstić information content (AvgIpc) is 3.25. The minimum Gasteiger partial charge on any atom is -0.497 e. The molecule has 3 aromatic rings. The second kappa shape index (κ2) is 11.8. The third-order valence-corrected chi connectivity index (χ3v) is 6.29. The molecule has 0 unspecified atom stereocenters. The van der Waals surface area contributed by atoms with E-state index in [1.165, 1.54) is 0 Å². The number of aromatic nitrogens is 1. The summed E-state index contributed by atoms with van der Waals surface area (Å²) >= 11 is 1.55. The third-order valence-electron chi connectivity index (χ3n) is 5.34. The van der Waals surface area contributed by atoms with Crippen molar-refractivity contribution in [3.05, 3.63) is 59.5 Å². The fourth-order valence-corrected chi connectivity index (χ4v) is 4.62. The lowest BCUT2D eigenvalue weighted by molar-refractivity contribution is -0.116. The summed E-state index contributed by atoms with van der Waals surface area (Å²) < 4.78 is 16.3. The number of nitrogens with one attached hydrogen (secondary N) is 1. The number of benzene rings is 2. The standard InChI is InChI=1S/C25H29N3O4S/c1-30-20-9-11-21(12-10-20)32-15-5-8-23(29)26-25-27-24(19-6-3-2-4-7-19)22(33-25)18-28-13-16-31-17-14-28/h2-4,6-7,9-12H,5,8,13-18H2,1H3,(H,26,27,29). The first-order chi connectivity index (χ1) is 16.2. The van der Waals surface area contributed by atoms with E-state index in [0.29, 0.717) is 24.6 Å². The number of methoxy groups -OCH3 is 1. The molecule has 0 spiro atoms. The van der Waals surface area contributed by atoms with Crippen molar-refractivity contribution < 1.29 is 19.0 Å². The lowest BCUT2D eigenvalue weighted by Gasteiger charge is -2.26. The van der Waals surface area contributed by atoms with E-state index in [2.05, 4.69) is 22.3 Å². The predicted molar refractivity (Wildman–Crippen MR) is 130 cm³/mol. The lowest BCUT2D eigenvalue weighted by Crippen LogP contribution is -2.35. The van der Waals surface area contributed by atoms with E-state index in [0.717, 1.165) is 60.5 Å². The molecule has 1 N–H and O–H groups in total. The first-order valence-electron chi connectivity index (χ1n) is 11.1. The van der Waals surface area contributed by atoms with Gasteiger partial charge in [-0.1, -0.05) is 41.7 Å². The maximum atomic E-state index is 12.5. The normalized spacial score (nSPS) is 14.1. The zero-order valence-corrected chi connectivity index (χ0v) is 19.6. The van der Waals surface area contributed by atoms with Crippen LogP contribution in [0.15, 0.2) is 54.6 Å². The third kappa shape index (κ3) is 6.77. The smallest absolute Gasteiger partial charge is 0.226 e. The van der Waals surface area contributed by atoms with Crippen LogP contribution in [-0.4, -0.2) is 55.8 Å². The number of hydrogen-bond donors (Lipinski definition) is 1. The topological polar surface area (TPSA) is 72.9 Å². The molecule has 8 heteroatoms. The molecule has 7 nitrogen and oxygen atoms in total. The lowest BCUT2D eigenvalue weighted by atomic mass is 10.1. The van der Waals surface area contributed by atoms with Crippen LogP contribution in [0.4, 0.5) is 5.13 Å². The number of thiazole rings is 1. The van der Waals surface area contributed by atoms with E-state index in [1.807, 2.05) is 42.5 Å². The number of anilines is 1. The van der Waals surface area contributed by atoms with Crippen LogP contribution >= 0.6 is 11.3 Å². The average molecular weight is 468 g/mol. The molecule has 4 rings (SSSR count). The Balaban J connectivity index is 1.33. The van der Waals surface area contributed by atoms with Crippen LogP contribution in [0.2, 0.25) is 0 Å². The molecule has 2 heterocycles. The Kier molecular flexibility index (Phi) is 8.30. The molecule has 0 saturated carbocycles. The number of amides is 1. The molecule has 1 amide bonds. The van der Waals surface area contributed by atoms with E-state index in [-0.39, 0.29) is 5.91 Å². The summed E-state index contributed by atoms with van der Waals surface area (Å²) in [7, 11) is 1.63. The van der Waals surface area contributed by atoms with E-state index in [1.54, 1.807) is 18.4 Å². The van der Waals surface area contributed by atoms with Gasteiger partial charge in [-0.25, -0.2) is 4.98 Å². The fraction of sp³-hybridized carbons (Fsp3) is 0.360. The molecular weight excluding hydrogens is 438 g/mol. The Hall–Kier alpha value is -2.94. The largest absolute Gasteiger partial charge is 0.497 e. The summed E-state index contributed by atoms with van der Waals surface area (Å²) in [5.74, 6) is 1.49. The van der Waals surface area contributed by atoms with Crippen molar-refractivity contribution in [2.24, 2.45) is 0 Å². The van der Waals surface area contributed by atoms with Crippen LogP contribution < -0.4 is 14.8 Å². The Morgan fingerprint density at radius 2 is 1.82 bits per heavy atom. The number of hydrogen-bond acceptors (Lipinski definition) is 7. The first-order valence-corrected chi connectivity index (χ1v) is 11.9. The highest BCUT2D eigenvalue weighted by molar-refractivity contribution is 7.16. The number of nitrogens with zero attached hydrogens (tertiary/aromatic N) is 2. The molecule has 1 aromatic heterocycles. The van der Waals surface area contributed by atoms with E-state index >= 15 is 0 Å². The van der Waals surface area contributed by atoms with Gasteiger partial charge in [-0.15, -0.1) is 0 Å². The first kappa shape index (κ1) is 23.2. The SMILES string of the molecule is COc1ccc(OCCCC(=O)Nc2nc(-c3ccccc3)c(CN3CCOCC3)s2)cc1. The van der Waals surface area contributed by atoms with Crippen LogP contribution in [0, 0.1) is 0 Å². The van der Waals surface area contributed by atoms with Gasteiger partial charge in [0.1, 0.15) is 11.5 Å². The van der Waals surface area contributed by atoms with Gasteiger partial charge in [-0.3, -0.25) is 9.69 Å². The van der Waals surface area contributed by atoms with Crippen LogP contribution in [0.25, 0.3) is 11.3 Å². The second-order valence-electron chi connectivity index (χ2n) is 7.72. The maximum absolute atomic E-state index is 12.5. The molecule has 1 aliphatic rings. The van der Waals surface area contributed by atoms with Crippen molar-refractivity contribution in [1.29, 1.82) is 0 Å². The van der Waals surface area contributed by atoms with Crippen molar-refractivity contribution in [1.82, 2.24) is 9.88 Å². The van der Waals surface area contributed by atoms with Crippen LogP contribution in [0.3, 0.4) is 0 Å². The molecular formula is C25H29N3O4S. The minimum absolute atomic E-state index is 0.0559. The fourth-order valence-electron chi connectivity index (χ4n) is 3.57. The molecule has 0 atom stereocenters. The van der Waals surface area contributed by atoms with Crippen molar-refractivity contribution in [2.45, 2.75) is 19.4 Å². The summed E-state index contributed by atoms with van der Waals surface area (Å²) in [6, 6.07) is 17.5. The van der Waals surface area contributed by atoms with E-state index in [4.69, 9.17) is 19.2 Å². The summed E-state index contributed by atoms with van der Waals surface area (Å²) in [6.07, 6.45) is 0.991. The van der Waals surface area contributed by atoms with Gasteiger partial charge in [0.05, 0.1) is 32.6 Å². The van der Waals surface area contributed by atoms with Gasteiger partial charge in [-0.05, 0) is 30.7 Å². The summed E-state index contributed by atoms with van der Waals surface area (Å²) in [5.41, 5.74) is 2.00. The highest BCUT2D eigenvalue weighted by Crippen LogP contribution is 2.32.